The summed E-state index contributed by atoms with van der Waals surface area (Å²) in [4.78, 5) is 2.73. The van der Waals surface area contributed by atoms with Gasteiger partial charge in [-0.05, 0) is 35.4 Å². The molecule has 0 saturated carbocycles. The highest BCUT2D eigenvalue weighted by molar-refractivity contribution is 6.42. The van der Waals surface area contributed by atoms with Crippen LogP contribution in [-0.2, 0) is 4.74 Å². The van der Waals surface area contributed by atoms with Crippen LogP contribution in [0.15, 0.2) is 47.0 Å². The zero-order valence-corrected chi connectivity index (χ0v) is 22.7. The number of halogens is 3. The number of benzene rings is 1. The van der Waals surface area contributed by atoms with Crippen LogP contribution in [0, 0.1) is 16.9 Å². The highest BCUT2D eigenvalue weighted by atomic mass is 35.5. The van der Waals surface area contributed by atoms with E-state index in [4.69, 9.17) is 38.9 Å². The van der Waals surface area contributed by atoms with Crippen molar-refractivity contribution in [2.24, 2.45) is 5.11 Å². The number of nitriles is 1. The molecule has 0 amide bonds. The Hall–Kier alpha value is -3.04. The summed E-state index contributed by atoms with van der Waals surface area (Å²) < 4.78 is 20.3. The molecule has 6 N–H and O–H groups in total. The number of ether oxygens (including phenoxy) is 1. The van der Waals surface area contributed by atoms with Gasteiger partial charge in [0.15, 0.2) is 6.19 Å². The third kappa shape index (κ3) is 9.36. The molecule has 0 heterocycles. The topological polar surface area (TPSA) is 174 Å². The van der Waals surface area contributed by atoms with Gasteiger partial charge in [-0.15, -0.1) is 0 Å². The van der Waals surface area contributed by atoms with Crippen molar-refractivity contribution in [3.05, 3.63) is 67.9 Å². The van der Waals surface area contributed by atoms with Gasteiger partial charge < -0.3 is 20.6 Å². The second-order valence-electron chi connectivity index (χ2n) is 8.44. The molecule has 0 spiro atoms. The number of rotatable bonds is 16. The molecule has 0 fully saturated rings. The summed E-state index contributed by atoms with van der Waals surface area (Å²) in [5, 5.41) is 44.4. The van der Waals surface area contributed by atoms with E-state index in [0.29, 0.717) is 27.9 Å². The van der Waals surface area contributed by atoms with Crippen LogP contribution in [0.25, 0.3) is 10.4 Å². The van der Waals surface area contributed by atoms with E-state index in [1.807, 2.05) is 6.19 Å². The van der Waals surface area contributed by atoms with Crippen molar-refractivity contribution in [2.45, 2.75) is 57.3 Å². The van der Waals surface area contributed by atoms with E-state index in [9.17, 15) is 14.8 Å². The highest BCUT2D eigenvalue weighted by Gasteiger charge is 2.31. The average Bonchev–Trinajstić information content (AvgIpc) is 2.91. The fourth-order valence-corrected chi connectivity index (χ4v) is 3.94. The molecule has 0 bridgehead atoms. The normalized spacial score (nSPS) is 16.8. The SMILES string of the molecule is CCC(F)(CC)OC1=CC=C(O)C(NC(NC#N)NCC(NCCN=[N+]=[N-])C(=N)c2ccc(Cl)c(Cl)c2)C1. The minimum atomic E-state index is -1.81. The number of aliphatic hydroxyl groups is 1. The number of azide groups is 1. The maximum absolute atomic E-state index is 14.8. The number of nitrogens with one attached hydrogen (secondary N) is 5. The minimum Gasteiger partial charge on any atom is -0.511 e. The number of nitrogens with zero attached hydrogens (tertiary/aromatic N) is 4. The summed E-state index contributed by atoms with van der Waals surface area (Å²) in [6, 6.07) is 3.58. The van der Waals surface area contributed by atoms with Gasteiger partial charge >= 0.3 is 0 Å². The summed E-state index contributed by atoms with van der Waals surface area (Å²) >= 11 is 12.1. The van der Waals surface area contributed by atoms with Crippen LogP contribution in [0.1, 0.15) is 38.7 Å². The van der Waals surface area contributed by atoms with Crippen molar-refractivity contribution in [1.29, 1.82) is 10.7 Å². The molecule has 0 radical (unpaired) electrons. The Kier molecular flexibility index (Phi) is 12.6. The summed E-state index contributed by atoms with van der Waals surface area (Å²) in [6.45, 7) is 4.00. The maximum atomic E-state index is 14.8. The molecule has 0 aromatic heterocycles. The Morgan fingerprint density at radius 1 is 1.34 bits per heavy atom. The lowest BCUT2D eigenvalue weighted by Gasteiger charge is -2.31. The van der Waals surface area contributed by atoms with E-state index in [1.165, 1.54) is 12.2 Å². The van der Waals surface area contributed by atoms with Crippen LogP contribution in [0.4, 0.5) is 4.39 Å². The monoisotopic (exact) mass is 567 g/mol. The molecular weight excluding hydrogens is 536 g/mol. The van der Waals surface area contributed by atoms with Crippen molar-refractivity contribution in [2.75, 3.05) is 19.6 Å². The fourth-order valence-electron chi connectivity index (χ4n) is 3.65. The molecule has 11 nitrogen and oxygen atoms in total. The Balaban J connectivity index is 2.11. The summed E-state index contributed by atoms with van der Waals surface area (Å²) in [5.41, 5.74) is 9.25. The first-order chi connectivity index (χ1) is 18.2. The highest BCUT2D eigenvalue weighted by Crippen LogP contribution is 2.29. The number of hydrogen-bond acceptors (Lipinski definition) is 9. The molecular formula is C24H32Cl2FN9O2. The van der Waals surface area contributed by atoms with E-state index in [-0.39, 0.29) is 43.8 Å². The third-order valence-corrected chi connectivity index (χ3v) is 6.66. The second kappa shape index (κ2) is 15.4. The van der Waals surface area contributed by atoms with E-state index in [0.717, 1.165) is 0 Å². The molecule has 2 rings (SSSR count). The predicted molar refractivity (Wildman–Crippen MR) is 145 cm³/mol. The average molecular weight is 568 g/mol. The molecule has 0 aliphatic heterocycles. The van der Waals surface area contributed by atoms with Crippen LogP contribution in [-0.4, -0.2) is 54.7 Å². The summed E-state index contributed by atoms with van der Waals surface area (Å²) in [5.74, 6) is -1.45. The first-order valence-corrected chi connectivity index (χ1v) is 12.8. The van der Waals surface area contributed by atoms with Gasteiger partial charge in [-0.2, -0.15) is 9.65 Å². The lowest BCUT2D eigenvalue weighted by Crippen LogP contribution is -2.59. The van der Waals surface area contributed by atoms with Crippen LogP contribution in [0.2, 0.25) is 10.0 Å². The van der Waals surface area contributed by atoms with Crippen molar-refractivity contribution in [1.82, 2.24) is 21.3 Å². The van der Waals surface area contributed by atoms with Gasteiger partial charge in [0.05, 0.1) is 27.8 Å². The van der Waals surface area contributed by atoms with Crippen LogP contribution in [0.5, 0.6) is 0 Å². The van der Waals surface area contributed by atoms with Gasteiger partial charge in [0.2, 0.25) is 5.85 Å². The van der Waals surface area contributed by atoms with Crippen molar-refractivity contribution < 1.29 is 14.2 Å². The number of hydrogen-bond donors (Lipinski definition) is 6. The van der Waals surface area contributed by atoms with Gasteiger partial charge in [0.1, 0.15) is 17.8 Å². The van der Waals surface area contributed by atoms with Gasteiger partial charge in [0.25, 0.3) is 0 Å². The lowest BCUT2D eigenvalue weighted by atomic mass is 10.0. The van der Waals surface area contributed by atoms with Crippen molar-refractivity contribution in [3.8, 4) is 6.19 Å². The molecule has 14 heteroatoms. The molecule has 3 atom stereocenters. The first-order valence-electron chi connectivity index (χ1n) is 12.1. The molecule has 0 saturated heterocycles. The van der Waals surface area contributed by atoms with Gasteiger partial charge in [-0.25, -0.2) is 0 Å². The van der Waals surface area contributed by atoms with E-state index in [1.54, 1.807) is 32.0 Å². The number of allylic oxidation sites excluding steroid dienone is 2. The molecule has 1 aromatic rings. The van der Waals surface area contributed by atoms with E-state index < -0.39 is 24.2 Å². The largest absolute Gasteiger partial charge is 0.511 e. The molecule has 1 aliphatic rings. The van der Waals surface area contributed by atoms with Crippen LogP contribution in [0.3, 0.4) is 0 Å². The number of aliphatic hydroxyl groups excluding tert-OH is 1. The summed E-state index contributed by atoms with van der Waals surface area (Å²) in [7, 11) is 0. The third-order valence-electron chi connectivity index (χ3n) is 5.92. The van der Waals surface area contributed by atoms with Gasteiger partial charge in [-0.1, -0.05) is 48.2 Å². The second-order valence-corrected chi connectivity index (χ2v) is 9.26. The molecule has 206 valence electrons. The minimum absolute atomic E-state index is 0.00562. The van der Waals surface area contributed by atoms with E-state index in [2.05, 4.69) is 31.3 Å². The number of alkyl halides is 1. The smallest absolute Gasteiger partial charge is 0.247 e. The molecule has 3 unspecified atom stereocenters. The predicted octanol–water partition coefficient (Wildman–Crippen LogP) is 4.76. The Labute approximate surface area is 231 Å². The zero-order valence-electron chi connectivity index (χ0n) is 21.1. The molecule has 38 heavy (non-hydrogen) atoms. The quantitative estimate of drug-likeness (QED) is 0.0244. The zero-order chi connectivity index (χ0) is 28.1. The lowest BCUT2D eigenvalue weighted by molar-refractivity contribution is -0.119. The molecule has 1 aromatic carbocycles. The Morgan fingerprint density at radius 3 is 2.71 bits per heavy atom. The summed E-state index contributed by atoms with van der Waals surface area (Å²) in [6.07, 6.45) is 4.48. The van der Waals surface area contributed by atoms with Crippen molar-refractivity contribution in [3.63, 3.8) is 0 Å². The fraction of sp³-hybridized carbons (Fsp3) is 0.500. The Bertz CT molecular complexity index is 1110. The first kappa shape index (κ1) is 31.2. The standard InChI is InChI=1S/C24H32Cl2FN9O2/c1-3-24(27,4-2)38-16-6-8-21(37)19(12-16)35-23(33-14-28)32-13-20(31-9-10-34-36-30)22(29)15-5-7-17(25)18(26)11-15/h5-8,11,19-20,23,29,31-33,35,37H,3-4,9-10,12-13H2,1-2H3. The van der Waals surface area contributed by atoms with Crippen LogP contribution >= 0.6 is 23.2 Å². The maximum Gasteiger partial charge on any atom is 0.247 e. The molecule has 1 aliphatic carbocycles. The van der Waals surface area contributed by atoms with Gasteiger partial charge in [-0.3, -0.25) is 16.0 Å². The Morgan fingerprint density at radius 2 is 2.08 bits per heavy atom. The van der Waals surface area contributed by atoms with Crippen molar-refractivity contribution >= 4 is 28.9 Å². The van der Waals surface area contributed by atoms with E-state index >= 15 is 0 Å². The van der Waals surface area contributed by atoms with Gasteiger partial charge in [0, 0.05) is 43.8 Å². The van der Waals surface area contributed by atoms with Crippen LogP contribution < -0.4 is 21.3 Å².